The second-order valence-corrected chi connectivity index (χ2v) is 7.00. The van der Waals surface area contributed by atoms with E-state index in [1.165, 1.54) is 6.42 Å². The second kappa shape index (κ2) is 6.33. The third-order valence-electron chi connectivity index (χ3n) is 4.20. The SMILES string of the molecule is CCc1c(C)[nH]c(=O)c(Br)c1OC1C[C@@H](C)C[C@@H](C)C1. The molecule has 1 aromatic heterocycles. The Hall–Kier alpha value is -0.770. The van der Waals surface area contributed by atoms with E-state index >= 15 is 0 Å². The number of nitrogens with one attached hydrogen (secondary N) is 1. The van der Waals surface area contributed by atoms with Crippen LogP contribution in [-0.2, 0) is 6.42 Å². The average Bonchev–Trinajstić information content (AvgIpc) is 2.34. The molecule has 1 aliphatic carbocycles. The number of halogens is 1. The Labute approximate surface area is 129 Å². The number of rotatable bonds is 3. The molecule has 1 fully saturated rings. The van der Waals surface area contributed by atoms with Crippen molar-refractivity contribution in [2.24, 2.45) is 11.8 Å². The Kier molecular flexibility index (Phi) is 4.95. The summed E-state index contributed by atoms with van der Waals surface area (Å²) in [6.45, 7) is 8.59. The molecule has 20 heavy (non-hydrogen) atoms. The van der Waals surface area contributed by atoms with Crippen molar-refractivity contribution in [3.8, 4) is 5.75 Å². The van der Waals surface area contributed by atoms with Crippen molar-refractivity contribution >= 4 is 15.9 Å². The molecule has 112 valence electrons. The van der Waals surface area contributed by atoms with Gasteiger partial charge in [0.15, 0.2) is 0 Å². The fraction of sp³-hybridized carbons (Fsp3) is 0.688. The van der Waals surface area contributed by atoms with Gasteiger partial charge in [-0.1, -0.05) is 20.8 Å². The largest absolute Gasteiger partial charge is 0.489 e. The minimum atomic E-state index is -0.105. The summed E-state index contributed by atoms with van der Waals surface area (Å²) in [5.41, 5.74) is 1.90. The first-order valence-electron chi connectivity index (χ1n) is 7.50. The topological polar surface area (TPSA) is 42.1 Å². The van der Waals surface area contributed by atoms with E-state index < -0.39 is 0 Å². The molecule has 0 amide bonds. The van der Waals surface area contributed by atoms with Gasteiger partial charge in [-0.15, -0.1) is 0 Å². The Balaban J connectivity index is 2.31. The zero-order valence-electron chi connectivity index (χ0n) is 12.8. The molecule has 1 aromatic rings. The van der Waals surface area contributed by atoms with E-state index in [0.29, 0.717) is 16.3 Å². The molecule has 1 saturated carbocycles. The highest BCUT2D eigenvalue weighted by molar-refractivity contribution is 9.10. The van der Waals surface area contributed by atoms with Gasteiger partial charge in [0.25, 0.3) is 5.56 Å². The van der Waals surface area contributed by atoms with E-state index in [0.717, 1.165) is 36.3 Å². The molecule has 0 aliphatic heterocycles. The maximum absolute atomic E-state index is 11.9. The molecule has 1 unspecified atom stereocenters. The quantitative estimate of drug-likeness (QED) is 0.894. The number of ether oxygens (including phenoxy) is 1. The van der Waals surface area contributed by atoms with E-state index in [4.69, 9.17) is 4.74 Å². The van der Waals surface area contributed by atoms with Gasteiger partial charge >= 0.3 is 0 Å². The number of hydrogen-bond donors (Lipinski definition) is 1. The van der Waals surface area contributed by atoms with Crippen molar-refractivity contribution in [1.29, 1.82) is 0 Å². The van der Waals surface area contributed by atoms with Gasteiger partial charge in [0.2, 0.25) is 0 Å². The van der Waals surface area contributed by atoms with Crippen LogP contribution in [0.3, 0.4) is 0 Å². The number of aromatic amines is 1. The van der Waals surface area contributed by atoms with Crippen LogP contribution in [0.5, 0.6) is 5.75 Å². The lowest BCUT2D eigenvalue weighted by Crippen LogP contribution is -2.29. The van der Waals surface area contributed by atoms with Crippen LogP contribution in [0.25, 0.3) is 0 Å². The zero-order chi connectivity index (χ0) is 14.9. The Morgan fingerprint density at radius 1 is 1.25 bits per heavy atom. The Bertz CT molecular complexity index is 528. The highest BCUT2D eigenvalue weighted by Crippen LogP contribution is 2.35. The highest BCUT2D eigenvalue weighted by Gasteiger charge is 2.27. The Morgan fingerprint density at radius 3 is 2.40 bits per heavy atom. The number of H-pyrrole nitrogens is 1. The number of aromatic nitrogens is 1. The summed E-state index contributed by atoms with van der Waals surface area (Å²) in [5.74, 6) is 2.13. The second-order valence-electron chi connectivity index (χ2n) is 6.21. The van der Waals surface area contributed by atoms with Crippen molar-refractivity contribution < 1.29 is 4.74 Å². The summed E-state index contributed by atoms with van der Waals surface area (Å²) >= 11 is 3.39. The predicted octanol–water partition coefficient (Wildman–Crippen LogP) is 4.21. The van der Waals surface area contributed by atoms with E-state index in [1.54, 1.807) is 0 Å². The van der Waals surface area contributed by atoms with E-state index in [9.17, 15) is 4.79 Å². The molecule has 0 saturated heterocycles. The molecular weight excluding hydrogens is 318 g/mol. The van der Waals surface area contributed by atoms with E-state index in [1.807, 2.05) is 6.92 Å². The van der Waals surface area contributed by atoms with Crippen LogP contribution < -0.4 is 10.3 Å². The van der Waals surface area contributed by atoms with Gasteiger partial charge in [-0.3, -0.25) is 4.79 Å². The molecule has 0 radical (unpaired) electrons. The van der Waals surface area contributed by atoms with Crippen LogP contribution >= 0.6 is 15.9 Å². The number of pyridine rings is 1. The fourth-order valence-electron chi connectivity index (χ4n) is 3.39. The summed E-state index contributed by atoms with van der Waals surface area (Å²) < 4.78 is 6.78. The molecule has 1 heterocycles. The first-order chi connectivity index (χ1) is 9.42. The lowest BCUT2D eigenvalue weighted by atomic mass is 9.82. The van der Waals surface area contributed by atoms with Crippen molar-refractivity contribution in [2.45, 2.75) is 59.5 Å². The van der Waals surface area contributed by atoms with E-state index in [-0.39, 0.29) is 11.7 Å². The lowest BCUT2D eigenvalue weighted by Gasteiger charge is -2.32. The van der Waals surface area contributed by atoms with Crippen LogP contribution in [0.4, 0.5) is 0 Å². The van der Waals surface area contributed by atoms with Crippen molar-refractivity contribution in [3.05, 3.63) is 26.1 Å². The molecule has 0 aromatic carbocycles. The fourth-order valence-corrected chi connectivity index (χ4v) is 3.82. The summed E-state index contributed by atoms with van der Waals surface area (Å²) in [5, 5.41) is 0. The first kappa shape index (κ1) is 15.6. The minimum Gasteiger partial charge on any atom is -0.489 e. The van der Waals surface area contributed by atoms with Crippen LogP contribution in [0.2, 0.25) is 0 Å². The van der Waals surface area contributed by atoms with Crippen molar-refractivity contribution in [1.82, 2.24) is 4.98 Å². The van der Waals surface area contributed by atoms with Gasteiger partial charge in [-0.25, -0.2) is 0 Å². The average molecular weight is 342 g/mol. The maximum atomic E-state index is 11.9. The molecule has 3 atom stereocenters. The molecule has 3 nitrogen and oxygen atoms in total. The summed E-state index contributed by atoms with van der Waals surface area (Å²) in [4.78, 5) is 14.8. The van der Waals surface area contributed by atoms with Gasteiger partial charge in [0, 0.05) is 11.3 Å². The van der Waals surface area contributed by atoms with Crippen LogP contribution in [0.1, 0.15) is 51.3 Å². The van der Waals surface area contributed by atoms with E-state index in [2.05, 4.69) is 41.7 Å². The molecule has 0 spiro atoms. The molecule has 1 N–H and O–H groups in total. The minimum absolute atomic E-state index is 0.105. The van der Waals surface area contributed by atoms with Crippen LogP contribution in [-0.4, -0.2) is 11.1 Å². The summed E-state index contributed by atoms with van der Waals surface area (Å²) in [7, 11) is 0. The summed E-state index contributed by atoms with van der Waals surface area (Å²) in [6.07, 6.45) is 4.50. The van der Waals surface area contributed by atoms with Gasteiger partial charge in [-0.2, -0.15) is 0 Å². The first-order valence-corrected chi connectivity index (χ1v) is 8.29. The third-order valence-corrected chi connectivity index (χ3v) is 4.92. The molecule has 2 rings (SSSR count). The number of aryl methyl sites for hydroxylation is 1. The molecular formula is C16H24BrNO2. The molecule has 1 aliphatic rings. The highest BCUT2D eigenvalue weighted by atomic mass is 79.9. The molecule has 4 heteroatoms. The van der Waals surface area contributed by atoms with Crippen molar-refractivity contribution in [3.63, 3.8) is 0 Å². The predicted molar refractivity (Wildman–Crippen MR) is 85.5 cm³/mol. The smallest absolute Gasteiger partial charge is 0.266 e. The summed E-state index contributed by atoms with van der Waals surface area (Å²) in [6, 6.07) is 0. The Morgan fingerprint density at radius 2 is 1.85 bits per heavy atom. The zero-order valence-corrected chi connectivity index (χ0v) is 14.3. The van der Waals surface area contributed by atoms with Gasteiger partial charge in [0.1, 0.15) is 10.2 Å². The van der Waals surface area contributed by atoms with Gasteiger partial charge < -0.3 is 9.72 Å². The molecule has 0 bridgehead atoms. The maximum Gasteiger partial charge on any atom is 0.266 e. The normalized spacial score (nSPS) is 26.6. The van der Waals surface area contributed by atoms with Crippen molar-refractivity contribution in [2.75, 3.05) is 0 Å². The van der Waals surface area contributed by atoms with Crippen LogP contribution in [0.15, 0.2) is 9.27 Å². The van der Waals surface area contributed by atoms with Crippen LogP contribution in [0, 0.1) is 18.8 Å². The third kappa shape index (κ3) is 3.27. The van der Waals surface area contributed by atoms with Gasteiger partial charge in [-0.05, 0) is 60.4 Å². The standard InChI is InChI=1S/C16H24BrNO2/c1-5-13-11(4)18-16(19)14(17)15(13)20-12-7-9(2)6-10(3)8-12/h9-10,12H,5-8H2,1-4H3,(H,18,19)/t9-,10+,12?. The monoisotopic (exact) mass is 341 g/mol. The van der Waals surface area contributed by atoms with Gasteiger partial charge in [0.05, 0.1) is 6.10 Å². The lowest BCUT2D eigenvalue weighted by molar-refractivity contribution is 0.0991. The number of hydrogen-bond acceptors (Lipinski definition) is 2.